The molecule has 1 aromatic carbocycles. The van der Waals surface area contributed by atoms with Crippen molar-refractivity contribution < 1.29 is 4.74 Å². The average molecular weight is 235 g/mol. The molecule has 0 saturated carbocycles. The molecule has 1 N–H and O–H groups in total. The number of rotatable bonds is 8. The molecule has 0 aliphatic rings. The molecule has 0 saturated heterocycles. The number of benzene rings is 1. The number of nitrogens with one attached hydrogen (secondary N) is 1. The Morgan fingerprint density at radius 1 is 1.12 bits per heavy atom. The fourth-order valence-corrected chi connectivity index (χ4v) is 1.57. The van der Waals surface area contributed by atoms with Crippen LogP contribution in [-0.4, -0.2) is 12.6 Å². The van der Waals surface area contributed by atoms with Crippen LogP contribution in [-0.2, 0) is 6.54 Å². The van der Waals surface area contributed by atoms with Crippen molar-refractivity contribution in [3.8, 4) is 5.75 Å². The first kappa shape index (κ1) is 14.0. The van der Waals surface area contributed by atoms with Crippen molar-refractivity contribution in [1.82, 2.24) is 5.32 Å². The van der Waals surface area contributed by atoms with E-state index in [1.807, 2.05) is 0 Å². The van der Waals surface area contributed by atoms with Crippen LogP contribution >= 0.6 is 0 Å². The largest absolute Gasteiger partial charge is 0.494 e. The predicted octanol–water partition coefficient (Wildman–Crippen LogP) is 3.75. The Morgan fingerprint density at radius 2 is 1.82 bits per heavy atom. The van der Waals surface area contributed by atoms with Crippen LogP contribution in [0.1, 0.15) is 45.6 Å². The summed E-state index contributed by atoms with van der Waals surface area (Å²) in [6.45, 7) is 8.28. The summed E-state index contributed by atoms with van der Waals surface area (Å²) < 4.78 is 5.67. The minimum atomic E-state index is 0.528. The van der Waals surface area contributed by atoms with Gasteiger partial charge in [0, 0.05) is 12.6 Å². The minimum absolute atomic E-state index is 0.528. The Balaban J connectivity index is 2.29. The molecule has 1 rings (SSSR count). The van der Waals surface area contributed by atoms with E-state index in [2.05, 4.69) is 50.4 Å². The second kappa shape index (κ2) is 8.13. The van der Waals surface area contributed by atoms with E-state index in [0.717, 1.165) is 25.3 Å². The Labute approximate surface area is 105 Å². The summed E-state index contributed by atoms with van der Waals surface area (Å²) in [7, 11) is 0. The monoisotopic (exact) mass is 235 g/mol. The van der Waals surface area contributed by atoms with Gasteiger partial charge >= 0.3 is 0 Å². The van der Waals surface area contributed by atoms with Gasteiger partial charge in [0.15, 0.2) is 0 Å². The normalized spacial score (nSPS) is 10.8. The quantitative estimate of drug-likeness (QED) is 0.693. The Morgan fingerprint density at radius 3 is 2.41 bits per heavy atom. The van der Waals surface area contributed by atoms with Crippen LogP contribution in [0.2, 0.25) is 0 Å². The minimum Gasteiger partial charge on any atom is -0.494 e. The summed E-state index contributed by atoms with van der Waals surface area (Å²) in [6, 6.07) is 8.90. The van der Waals surface area contributed by atoms with E-state index in [9.17, 15) is 0 Å². The second-order valence-electron chi connectivity index (χ2n) is 4.74. The highest BCUT2D eigenvalue weighted by molar-refractivity contribution is 5.27. The molecule has 0 fully saturated rings. The lowest BCUT2D eigenvalue weighted by Gasteiger charge is -2.09. The van der Waals surface area contributed by atoms with Crippen molar-refractivity contribution in [2.75, 3.05) is 6.61 Å². The Hall–Kier alpha value is -1.02. The number of unbranched alkanes of at least 4 members (excludes halogenated alkanes) is 2. The molecule has 0 aromatic heterocycles. The van der Waals surface area contributed by atoms with Crippen molar-refractivity contribution in [2.45, 2.75) is 52.6 Å². The third kappa shape index (κ3) is 6.32. The van der Waals surface area contributed by atoms with Gasteiger partial charge in [0.05, 0.1) is 6.61 Å². The van der Waals surface area contributed by atoms with E-state index in [1.165, 1.54) is 18.4 Å². The highest BCUT2D eigenvalue weighted by atomic mass is 16.5. The molecule has 0 atom stereocenters. The third-order valence-corrected chi connectivity index (χ3v) is 2.65. The number of hydrogen-bond donors (Lipinski definition) is 1. The van der Waals surface area contributed by atoms with Crippen LogP contribution in [0.3, 0.4) is 0 Å². The third-order valence-electron chi connectivity index (χ3n) is 2.65. The molecule has 0 aliphatic carbocycles. The number of ether oxygens (including phenoxy) is 1. The molecule has 0 spiro atoms. The lowest BCUT2D eigenvalue weighted by molar-refractivity contribution is 0.306. The summed E-state index contributed by atoms with van der Waals surface area (Å²) in [5, 5.41) is 3.40. The van der Waals surface area contributed by atoms with Crippen LogP contribution in [0.15, 0.2) is 24.3 Å². The molecule has 2 nitrogen and oxygen atoms in total. The Bertz CT molecular complexity index is 292. The highest BCUT2D eigenvalue weighted by Gasteiger charge is 1.97. The lowest BCUT2D eigenvalue weighted by atomic mass is 10.2. The van der Waals surface area contributed by atoms with Gasteiger partial charge in [0.2, 0.25) is 0 Å². The van der Waals surface area contributed by atoms with E-state index in [4.69, 9.17) is 4.74 Å². The zero-order valence-electron chi connectivity index (χ0n) is 11.3. The van der Waals surface area contributed by atoms with Gasteiger partial charge in [-0.05, 0) is 24.1 Å². The fraction of sp³-hybridized carbons (Fsp3) is 0.600. The fourth-order valence-electron chi connectivity index (χ4n) is 1.57. The highest BCUT2D eigenvalue weighted by Crippen LogP contribution is 2.12. The van der Waals surface area contributed by atoms with E-state index >= 15 is 0 Å². The molecule has 2 heteroatoms. The van der Waals surface area contributed by atoms with Crippen LogP contribution in [0.25, 0.3) is 0 Å². The topological polar surface area (TPSA) is 21.3 Å². The number of hydrogen-bond acceptors (Lipinski definition) is 2. The molecule has 0 bridgehead atoms. The lowest BCUT2D eigenvalue weighted by Crippen LogP contribution is -2.21. The van der Waals surface area contributed by atoms with E-state index in [0.29, 0.717) is 6.04 Å². The van der Waals surface area contributed by atoms with E-state index in [1.54, 1.807) is 0 Å². The van der Waals surface area contributed by atoms with Crippen molar-refractivity contribution in [3.63, 3.8) is 0 Å². The first-order valence-corrected chi connectivity index (χ1v) is 6.67. The van der Waals surface area contributed by atoms with Gasteiger partial charge in [0.1, 0.15) is 5.75 Å². The molecule has 0 heterocycles. The van der Waals surface area contributed by atoms with Crippen molar-refractivity contribution >= 4 is 0 Å². The molecular formula is C15H25NO. The van der Waals surface area contributed by atoms with Crippen molar-refractivity contribution in [3.05, 3.63) is 29.8 Å². The first-order valence-electron chi connectivity index (χ1n) is 6.67. The molecule has 17 heavy (non-hydrogen) atoms. The first-order chi connectivity index (χ1) is 8.22. The van der Waals surface area contributed by atoms with E-state index in [-0.39, 0.29) is 0 Å². The molecular weight excluding hydrogens is 210 g/mol. The maximum atomic E-state index is 5.67. The van der Waals surface area contributed by atoms with Crippen LogP contribution < -0.4 is 10.1 Å². The molecule has 0 unspecified atom stereocenters. The molecule has 96 valence electrons. The maximum absolute atomic E-state index is 5.67. The zero-order valence-corrected chi connectivity index (χ0v) is 11.3. The summed E-state index contributed by atoms with van der Waals surface area (Å²) >= 11 is 0. The summed E-state index contributed by atoms with van der Waals surface area (Å²) in [5.74, 6) is 0.981. The van der Waals surface area contributed by atoms with Crippen molar-refractivity contribution in [2.24, 2.45) is 0 Å². The van der Waals surface area contributed by atoms with Gasteiger partial charge in [0.25, 0.3) is 0 Å². The molecule has 0 aliphatic heterocycles. The average Bonchev–Trinajstić information content (AvgIpc) is 2.33. The van der Waals surface area contributed by atoms with Gasteiger partial charge in [-0.25, -0.2) is 0 Å². The van der Waals surface area contributed by atoms with Crippen LogP contribution in [0, 0.1) is 0 Å². The smallest absolute Gasteiger partial charge is 0.119 e. The van der Waals surface area contributed by atoms with Crippen LogP contribution in [0.5, 0.6) is 5.75 Å². The van der Waals surface area contributed by atoms with Gasteiger partial charge in [-0.15, -0.1) is 0 Å². The molecule has 0 radical (unpaired) electrons. The molecule has 1 aromatic rings. The van der Waals surface area contributed by atoms with Gasteiger partial charge in [-0.2, -0.15) is 0 Å². The predicted molar refractivity (Wildman–Crippen MR) is 73.4 cm³/mol. The van der Waals surface area contributed by atoms with Crippen LogP contribution in [0.4, 0.5) is 0 Å². The van der Waals surface area contributed by atoms with Gasteiger partial charge in [-0.3, -0.25) is 0 Å². The van der Waals surface area contributed by atoms with Gasteiger partial charge in [-0.1, -0.05) is 45.7 Å². The maximum Gasteiger partial charge on any atom is 0.119 e. The summed E-state index contributed by atoms with van der Waals surface area (Å²) in [4.78, 5) is 0. The SMILES string of the molecule is CCCCCOc1ccc(CNC(C)C)cc1. The van der Waals surface area contributed by atoms with Crippen molar-refractivity contribution in [1.29, 1.82) is 0 Å². The van der Waals surface area contributed by atoms with E-state index < -0.39 is 0 Å². The summed E-state index contributed by atoms with van der Waals surface area (Å²) in [6.07, 6.45) is 3.63. The van der Waals surface area contributed by atoms with Gasteiger partial charge < -0.3 is 10.1 Å². The standard InChI is InChI=1S/C15H25NO/c1-4-5-6-11-17-15-9-7-14(8-10-15)12-16-13(2)3/h7-10,13,16H,4-6,11-12H2,1-3H3. The Kier molecular flexibility index (Phi) is 6.71. The summed E-state index contributed by atoms with van der Waals surface area (Å²) in [5.41, 5.74) is 1.31. The zero-order chi connectivity index (χ0) is 12.5. The second-order valence-corrected chi connectivity index (χ2v) is 4.74. The molecule has 0 amide bonds.